The summed E-state index contributed by atoms with van der Waals surface area (Å²) in [7, 11) is 0. The molecule has 5 atom stereocenters. The van der Waals surface area contributed by atoms with Crippen molar-refractivity contribution in [3.05, 3.63) is 29.8 Å². The SMILES string of the molecule is CC(O)C(NC(=O)C(Cc1ccc(O)cc1)NC(=O)C(N)CC(N)=O)C(=O)NC(CCCCN)C(=O)O. The summed E-state index contributed by atoms with van der Waals surface area (Å²) in [4.78, 5) is 61.0. The summed E-state index contributed by atoms with van der Waals surface area (Å²) in [5, 5.41) is 36.1. The normalized spacial score (nSPS) is 14.9. The minimum absolute atomic E-state index is 0.0254. The van der Waals surface area contributed by atoms with Crippen LogP contribution in [0.25, 0.3) is 0 Å². The number of unbranched alkanes of at least 4 members (excludes halogenated alkanes) is 1. The van der Waals surface area contributed by atoms with Crippen molar-refractivity contribution in [3.8, 4) is 5.75 Å². The molecule has 0 saturated carbocycles. The number of carbonyl (C=O) groups is 5. The lowest BCUT2D eigenvalue weighted by molar-refractivity contribution is -0.143. The second-order valence-corrected chi connectivity index (χ2v) is 8.62. The Hall–Kier alpha value is -3.75. The summed E-state index contributed by atoms with van der Waals surface area (Å²) in [6.07, 6.45) is -0.927. The summed E-state index contributed by atoms with van der Waals surface area (Å²) in [6.45, 7) is 1.58. The van der Waals surface area contributed by atoms with E-state index >= 15 is 0 Å². The number of phenolic OH excluding ortho intramolecular Hbond substituents is 1. The van der Waals surface area contributed by atoms with Crippen molar-refractivity contribution in [3.63, 3.8) is 0 Å². The van der Waals surface area contributed by atoms with Gasteiger partial charge in [-0.3, -0.25) is 19.2 Å². The molecule has 37 heavy (non-hydrogen) atoms. The lowest BCUT2D eigenvalue weighted by Crippen LogP contribution is -2.60. The van der Waals surface area contributed by atoms with Crippen molar-refractivity contribution < 1.29 is 39.3 Å². The lowest BCUT2D eigenvalue weighted by Gasteiger charge is -2.26. The Bertz CT molecular complexity index is 940. The Morgan fingerprint density at radius 2 is 1.51 bits per heavy atom. The van der Waals surface area contributed by atoms with Gasteiger partial charge in [-0.15, -0.1) is 0 Å². The van der Waals surface area contributed by atoms with Crippen LogP contribution in [0, 0.1) is 0 Å². The highest BCUT2D eigenvalue weighted by Gasteiger charge is 2.33. The molecule has 14 heteroatoms. The summed E-state index contributed by atoms with van der Waals surface area (Å²) >= 11 is 0. The van der Waals surface area contributed by atoms with E-state index in [0.717, 1.165) is 0 Å². The molecule has 0 bridgehead atoms. The van der Waals surface area contributed by atoms with Gasteiger partial charge in [-0.05, 0) is 50.4 Å². The number of phenols is 1. The van der Waals surface area contributed by atoms with Crippen molar-refractivity contribution in [2.24, 2.45) is 17.2 Å². The predicted molar refractivity (Wildman–Crippen MR) is 132 cm³/mol. The van der Waals surface area contributed by atoms with Gasteiger partial charge in [0, 0.05) is 6.42 Å². The number of aliphatic hydroxyl groups excluding tert-OH is 1. The number of carbonyl (C=O) groups excluding carboxylic acids is 4. The number of carboxylic acid groups (broad SMARTS) is 1. The van der Waals surface area contributed by atoms with E-state index < -0.39 is 66.3 Å². The Kier molecular flexibility index (Phi) is 13.0. The first-order valence-corrected chi connectivity index (χ1v) is 11.7. The maximum absolute atomic E-state index is 13.1. The second-order valence-electron chi connectivity index (χ2n) is 8.62. The van der Waals surface area contributed by atoms with Crippen molar-refractivity contribution >= 4 is 29.6 Å². The Labute approximate surface area is 213 Å². The third kappa shape index (κ3) is 11.2. The van der Waals surface area contributed by atoms with Gasteiger partial charge in [0.2, 0.25) is 23.6 Å². The zero-order valence-corrected chi connectivity index (χ0v) is 20.6. The summed E-state index contributed by atoms with van der Waals surface area (Å²) in [5.41, 5.74) is 16.7. The Morgan fingerprint density at radius 1 is 0.919 bits per heavy atom. The molecule has 5 unspecified atom stereocenters. The molecule has 1 aromatic rings. The van der Waals surface area contributed by atoms with E-state index in [0.29, 0.717) is 24.9 Å². The topological polar surface area (TPSA) is 260 Å². The first-order valence-electron chi connectivity index (χ1n) is 11.7. The zero-order chi connectivity index (χ0) is 28.1. The number of primary amides is 1. The maximum Gasteiger partial charge on any atom is 0.326 e. The molecule has 0 aromatic heterocycles. The smallest absolute Gasteiger partial charge is 0.326 e. The van der Waals surface area contributed by atoms with E-state index in [1.165, 1.54) is 31.2 Å². The van der Waals surface area contributed by atoms with Gasteiger partial charge in [0.1, 0.15) is 23.9 Å². The zero-order valence-electron chi connectivity index (χ0n) is 20.6. The second kappa shape index (κ2) is 15.4. The molecule has 0 fully saturated rings. The van der Waals surface area contributed by atoms with Gasteiger partial charge in [-0.2, -0.15) is 0 Å². The molecular formula is C23H36N6O8. The first-order chi connectivity index (χ1) is 17.3. The van der Waals surface area contributed by atoms with E-state index in [1.807, 2.05) is 0 Å². The van der Waals surface area contributed by atoms with Crippen LogP contribution in [0.4, 0.5) is 0 Å². The highest BCUT2D eigenvalue weighted by molar-refractivity contribution is 5.95. The van der Waals surface area contributed by atoms with Crippen molar-refractivity contribution in [2.45, 2.75) is 69.3 Å². The van der Waals surface area contributed by atoms with E-state index in [2.05, 4.69) is 16.0 Å². The molecule has 4 amide bonds. The number of aromatic hydroxyl groups is 1. The van der Waals surface area contributed by atoms with Gasteiger partial charge >= 0.3 is 5.97 Å². The first kappa shape index (κ1) is 31.3. The molecule has 14 nitrogen and oxygen atoms in total. The van der Waals surface area contributed by atoms with Crippen LogP contribution in [0.15, 0.2) is 24.3 Å². The summed E-state index contributed by atoms with van der Waals surface area (Å²) < 4.78 is 0. The fourth-order valence-electron chi connectivity index (χ4n) is 3.34. The number of benzene rings is 1. The van der Waals surface area contributed by atoms with E-state index in [-0.39, 0.29) is 18.6 Å². The Morgan fingerprint density at radius 3 is 2.03 bits per heavy atom. The number of nitrogens with two attached hydrogens (primary N) is 3. The van der Waals surface area contributed by atoms with Crippen LogP contribution in [0.2, 0.25) is 0 Å². The molecule has 206 valence electrons. The molecule has 0 spiro atoms. The molecule has 0 saturated heterocycles. The quantitative estimate of drug-likeness (QED) is 0.100. The van der Waals surface area contributed by atoms with Gasteiger partial charge in [0.05, 0.1) is 18.6 Å². The third-order valence-corrected chi connectivity index (χ3v) is 5.39. The highest BCUT2D eigenvalue weighted by atomic mass is 16.4. The number of hydrogen-bond acceptors (Lipinski definition) is 9. The van der Waals surface area contributed by atoms with Crippen LogP contribution in [0.3, 0.4) is 0 Å². The molecule has 0 aliphatic heterocycles. The number of aliphatic carboxylic acids is 1. The number of hydrogen-bond donors (Lipinski definition) is 9. The van der Waals surface area contributed by atoms with Crippen molar-refractivity contribution in [2.75, 3.05) is 6.54 Å². The molecular weight excluding hydrogens is 488 g/mol. The van der Waals surface area contributed by atoms with Crippen molar-refractivity contribution in [1.82, 2.24) is 16.0 Å². The lowest BCUT2D eigenvalue weighted by atomic mass is 10.0. The minimum Gasteiger partial charge on any atom is -0.508 e. The predicted octanol–water partition coefficient (Wildman–Crippen LogP) is -2.81. The molecule has 0 radical (unpaired) electrons. The molecule has 0 aliphatic rings. The molecule has 0 heterocycles. The molecule has 1 rings (SSSR count). The Balaban J connectivity index is 3.07. The van der Waals surface area contributed by atoms with Crippen LogP contribution >= 0.6 is 0 Å². The number of aliphatic hydroxyl groups is 1. The largest absolute Gasteiger partial charge is 0.508 e. The average Bonchev–Trinajstić information content (AvgIpc) is 2.81. The number of rotatable bonds is 16. The van der Waals surface area contributed by atoms with Crippen LogP contribution < -0.4 is 33.2 Å². The summed E-state index contributed by atoms with van der Waals surface area (Å²) in [6, 6.07) is 0.268. The number of nitrogens with one attached hydrogen (secondary N) is 3. The average molecular weight is 525 g/mol. The minimum atomic E-state index is -1.55. The van der Waals surface area contributed by atoms with Gasteiger partial charge in [-0.1, -0.05) is 12.1 Å². The van der Waals surface area contributed by atoms with Crippen LogP contribution in [0.5, 0.6) is 5.75 Å². The van der Waals surface area contributed by atoms with Gasteiger partial charge in [-0.25, -0.2) is 4.79 Å². The van der Waals surface area contributed by atoms with Crippen LogP contribution in [-0.4, -0.2) is 81.7 Å². The molecule has 0 aliphatic carbocycles. The fourth-order valence-corrected chi connectivity index (χ4v) is 3.34. The van der Waals surface area contributed by atoms with Crippen molar-refractivity contribution in [1.29, 1.82) is 0 Å². The standard InChI is InChI=1S/C23H36N6O8/c1-12(30)19(22(35)27-16(23(36)37)4-2-3-9-24)29-21(34)17(10-13-5-7-14(31)8-6-13)28-20(33)15(25)11-18(26)32/h5-8,12,15-17,19,30-31H,2-4,9-11,24-25H2,1H3,(H2,26,32)(H,27,35)(H,28,33)(H,29,34)(H,36,37). The molecule has 12 N–H and O–H groups in total. The van der Waals surface area contributed by atoms with Crippen LogP contribution in [-0.2, 0) is 30.4 Å². The highest BCUT2D eigenvalue weighted by Crippen LogP contribution is 2.12. The van der Waals surface area contributed by atoms with Gasteiger partial charge in [0.25, 0.3) is 0 Å². The monoisotopic (exact) mass is 524 g/mol. The van der Waals surface area contributed by atoms with Gasteiger partial charge < -0.3 is 48.5 Å². The maximum atomic E-state index is 13.1. The number of carboxylic acids is 1. The van der Waals surface area contributed by atoms with E-state index in [4.69, 9.17) is 17.2 Å². The van der Waals surface area contributed by atoms with E-state index in [9.17, 15) is 39.3 Å². The number of amides is 4. The fraction of sp³-hybridized carbons (Fsp3) is 0.522. The van der Waals surface area contributed by atoms with E-state index in [1.54, 1.807) is 0 Å². The summed E-state index contributed by atoms with van der Waals surface area (Å²) in [5.74, 6) is -4.83. The molecule has 1 aromatic carbocycles. The van der Waals surface area contributed by atoms with Gasteiger partial charge in [0.15, 0.2) is 0 Å². The van der Waals surface area contributed by atoms with Crippen LogP contribution in [0.1, 0.15) is 38.2 Å². The third-order valence-electron chi connectivity index (χ3n) is 5.39.